The summed E-state index contributed by atoms with van der Waals surface area (Å²) in [4.78, 5) is 31.7. The van der Waals surface area contributed by atoms with E-state index in [1.807, 2.05) is 75.4 Å². The van der Waals surface area contributed by atoms with Gasteiger partial charge in [-0.3, -0.25) is 14.6 Å². The van der Waals surface area contributed by atoms with Gasteiger partial charge in [0.15, 0.2) is 0 Å². The zero-order valence-corrected chi connectivity index (χ0v) is 16.9. The minimum Gasteiger partial charge on any atom is -0.332 e. The molecule has 1 aromatic heterocycles. The van der Waals surface area contributed by atoms with E-state index in [-0.39, 0.29) is 23.6 Å². The lowest BCUT2D eigenvalue weighted by molar-refractivity contribution is 0.0690. The van der Waals surface area contributed by atoms with Crippen LogP contribution in [-0.2, 0) is 6.54 Å². The van der Waals surface area contributed by atoms with Crippen LogP contribution in [0.25, 0.3) is 0 Å². The van der Waals surface area contributed by atoms with E-state index in [1.165, 1.54) is 6.20 Å². The number of carbonyl (C=O) groups excluding carboxylic acids is 2. The molecule has 2 aromatic carbocycles. The van der Waals surface area contributed by atoms with Crippen molar-refractivity contribution in [1.29, 1.82) is 0 Å². The van der Waals surface area contributed by atoms with Crippen LogP contribution < -0.4 is 5.32 Å². The van der Waals surface area contributed by atoms with Crippen molar-refractivity contribution in [3.05, 3.63) is 95.3 Å². The van der Waals surface area contributed by atoms with Gasteiger partial charge in [-0.2, -0.15) is 0 Å². The molecule has 1 heterocycles. The molecular weight excluding hydrogens is 362 g/mol. The van der Waals surface area contributed by atoms with Crippen LogP contribution in [0.3, 0.4) is 0 Å². The maximum atomic E-state index is 13.1. The van der Waals surface area contributed by atoms with Crippen LogP contribution in [0.4, 0.5) is 5.69 Å². The molecule has 3 rings (SSSR count). The number of rotatable bonds is 6. The van der Waals surface area contributed by atoms with E-state index in [0.29, 0.717) is 17.8 Å². The number of amides is 2. The van der Waals surface area contributed by atoms with Gasteiger partial charge >= 0.3 is 0 Å². The molecule has 0 aliphatic heterocycles. The van der Waals surface area contributed by atoms with Crippen LogP contribution >= 0.6 is 0 Å². The number of benzene rings is 2. The van der Waals surface area contributed by atoms with Crippen molar-refractivity contribution in [1.82, 2.24) is 9.88 Å². The summed E-state index contributed by atoms with van der Waals surface area (Å²) in [5.74, 6) is -0.472. The normalized spacial score (nSPS) is 10.6. The van der Waals surface area contributed by atoms with Gasteiger partial charge in [0.25, 0.3) is 11.8 Å². The monoisotopic (exact) mass is 387 g/mol. The van der Waals surface area contributed by atoms with Crippen molar-refractivity contribution in [2.75, 3.05) is 5.32 Å². The van der Waals surface area contributed by atoms with Crippen LogP contribution in [0.1, 0.15) is 45.8 Å². The molecule has 0 saturated heterocycles. The molecule has 0 aliphatic rings. The number of hydrogen-bond donors (Lipinski definition) is 1. The van der Waals surface area contributed by atoms with Crippen LogP contribution in [0.5, 0.6) is 0 Å². The fourth-order valence-corrected chi connectivity index (χ4v) is 3.04. The minimum absolute atomic E-state index is 0.0143. The van der Waals surface area contributed by atoms with E-state index < -0.39 is 0 Å². The Hall–Kier alpha value is -3.47. The molecule has 5 heteroatoms. The van der Waals surface area contributed by atoms with Crippen molar-refractivity contribution in [2.24, 2.45) is 0 Å². The van der Waals surface area contributed by atoms with Crippen molar-refractivity contribution in [2.45, 2.75) is 33.4 Å². The second-order valence-electron chi connectivity index (χ2n) is 7.27. The molecule has 29 heavy (non-hydrogen) atoms. The number of carbonyl (C=O) groups is 2. The summed E-state index contributed by atoms with van der Waals surface area (Å²) in [6.45, 7) is 6.42. The van der Waals surface area contributed by atoms with E-state index in [1.54, 1.807) is 17.0 Å². The molecule has 0 saturated carbocycles. The highest BCUT2D eigenvalue weighted by atomic mass is 16.2. The molecule has 0 spiro atoms. The number of anilines is 1. The molecule has 5 nitrogen and oxygen atoms in total. The topological polar surface area (TPSA) is 62.3 Å². The molecule has 1 N–H and O–H groups in total. The van der Waals surface area contributed by atoms with Gasteiger partial charge in [0.2, 0.25) is 0 Å². The van der Waals surface area contributed by atoms with Gasteiger partial charge in [-0.15, -0.1) is 0 Å². The van der Waals surface area contributed by atoms with Crippen molar-refractivity contribution >= 4 is 17.5 Å². The summed E-state index contributed by atoms with van der Waals surface area (Å²) in [6, 6.07) is 20.6. The lowest BCUT2D eigenvalue weighted by atomic mass is 10.1. The lowest BCUT2D eigenvalue weighted by Gasteiger charge is -2.27. The standard InChI is InChI=1S/C24H25N3O2/c1-17(2)27(16-19-9-5-4-6-10-19)24(29)20-12-13-25-22(15-20)23(28)26-21-11-7-8-18(3)14-21/h4-15,17H,16H2,1-3H3,(H,26,28). The third-order valence-electron chi connectivity index (χ3n) is 4.60. The third-order valence-corrected chi connectivity index (χ3v) is 4.60. The molecule has 0 radical (unpaired) electrons. The fraction of sp³-hybridized carbons (Fsp3) is 0.208. The zero-order valence-electron chi connectivity index (χ0n) is 16.9. The molecule has 0 fully saturated rings. The quantitative estimate of drug-likeness (QED) is 0.667. The fourth-order valence-electron chi connectivity index (χ4n) is 3.04. The first-order valence-corrected chi connectivity index (χ1v) is 9.63. The van der Waals surface area contributed by atoms with E-state index in [9.17, 15) is 9.59 Å². The van der Waals surface area contributed by atoms with Gasteiger partial charge in [0.1, 0.15) is 5.69 Å². The van der Waals surface area contributed by atoms with Gasteiger partial charge < -0.3 is 10.2 Å². The van der Waals surface area contributed by atoms with Crippen LogP contribution in [-0.4, -0.2) is 27.7 Å². The summed E-state index contributed by atoms with van der Waals surface area (Å²) < 4.78 is 0. The zero-order chi connectivity index (χ0) is 20.8. The Balaban J connectivity index is 1.79. The van der Waals surface area contributed by atoms with E-state index in [4.69, 9.17) is 0 Å². The summed E-state index contributed by atoms with van der Waals surface area (Å²) in [5.41, 5.74) is 3.45. The highest BCUT2D eigenvalue weighted by Gasteiger charge is 2.20. The van der Waals surface area contributed by atoms with Gasteiger partial charge in [-0.05, 0) is 56.2 Å². The van der Waals surface area contributed by atoms with Gasteiger partial charge in [-0.1, -0.05) is 42.5 Å². The Morgan fingerprint density at radius 2 is 1.76 bits per heavy atom. The predicted molar refractivity (Wildman–Crippen MR) is 115 cm³/mol. The molecule has 3 aromatic rings. The second kappa shape index (κ2) is 9.15. The van der Waals surface area contributed by atoms with E-state index in [2.05, 4.69) is 10.3 Å². The number of nitrogens with zero attached hydrogens (tertiary/aromatic N) is 2. The van der Waals surface area contributed by atoms with Crippen LogP contribution in [0.2, 0.25) is 0 Å². The highest BCUT2D eigenvalue weighted by Crippen LogP contribution is 2.15. The maximum Gasteiger partial charge on any atom is 0.274 e. The summed E-state index contributed by atoms with van der Waals surface area (Å²) in [7, 11) is 0. The molecule has 0 aliphatic carbocycles. The smallest absolute Gasteiger partial charge is 0.274 e. The van der Waals surface area contributed by atoms with Gasteiger partial charge in [-0.25, -0.2) is 0 Å². The molecule has 0 unspecified atom stereocenters. The Kier molecular flexibility index (Phi) is 6.39. The number of hydrogen-bond acceptors (Lipinski definition) is 3. The minimum atomic E-state index is -0.343. The average molecular weight is 387 g/mol. The molecular formula is C24H25N3O2. The number of aryl methyl sites for hydroxylation is 1. The summed E-state index contributed by atoms with van der Waals surface area (Å²) in [5, 5.41) is 2.83. The first-order chi connectivity index (χ1) is 13.9. The number of pyridine rings is 1. The van der Waals surface area contributed by atoms with Crippen molar-refractivity contribution in [3.63, 3.8) is 0 Å². The van der Waals surface area contributed by atoms with E-state index >= 15 is 0 Å². The Labute approximate surface area is 171 Å². The first kappa shape index (κ1) is 20.3. The highest BCUT2D eigenvalue weighted by molar-refractivity contribution is 6.04. The molecule has 0 atom stereocenters. The van der Waals surface area contributed by atoms with Gasteiger partial charge in [0.05, 0.1) is 0 Å². The Morgan fingerprint density at radius 1 is 1.00 bits per heavy atom. The lowest BCUT2D eigenvalue weighted by Crippen LogP contribution is -2.36. The molecule has 0 bridgehead atoms. The summed E-state index contributed by atoms with van der Waals surface area (Å²) >= 11 is 0. The van der Waals surface area contributed by atoms with E-state index in [0.717, 1.165) is 11.1 Å². The van der Waals surface area contributed by atoms with Crippen LogP contribution in [0.15, 0.2) is 72.9 Å². The van der Waals surface area contributed by atoms with Crippen LogP contribution in [0, 0.1) is 6.92 Å². The molecule has 2 amide bonds. The van der Waals surface area contributed by atoms with Crippen molar-refractivity contribution in [3.8, 4) is 0 Å². The SMILES string of the molecule is Cc1cccc(NC(=O)c2cc(C(=O)N(Cc3ccccc3)C(C)C)ccn2)c1. The first-order valence-electron chi connectivity index (χ1n) is 9.63. The largest absolute Gasteiger partial charge is 0.332 e. The predicted octanol–water partition coefficient (Wildman–Crippen LogP) is 4.69. The third kappa shape index (κ3) is 5.29. The Morgan fingerprint density at radius 3 is 2.45 bits per heavy atom. The van der Waals surface area contributed by atoms with Crippen molar-refractivity contribution < 1.29 is 9.59 Å². The second-order valence-corrected chi connectivity index (χ2v) is 7.27. The average Bonchev–Trinajstić information content (AvgIpc) is 2.72. The summed E-state index contributed by atoms with van der Waals surface area (Å²) in [6.07, 6.45) is 1.50. The Bertz CT molecular complexity index is 1000. The maximum absolute atomic E-state index is 13.1. The van der Waals surface area contributed by atoms with Gasteiger partial charge in [0, 0.05) is 30.0 Å². The number of aromatic nitrogens is 1. The number of nitrogens with one attached hydrogen (secondary N) is 1. The molecule has 148 valence electrons.